The minimum absolute atomic E-state index is 0.0942. The van der Waals surface area contributed by atoms with Gasteiger partial charge in [0.2, 0.25) is 0 Å². The van der Waals surface area contributed by atoms with E-state index in [1.54, 1.807) is 11.3 Å². The van der Waals surface area contributed by atoms with Gasteiger partial charge in [-0.1, -0.05) is 18.7 Å². The number of nitrogens with zero attached hydrogens (tertiary/aromatic N) is 4. The summed E-state index contributed by atoms with van der Waals surface area (Å²) in [5.41, 5.74) is 2.20. The number of thiazole rings is 1. The summed E-state index contributed by atoms with van der Waals surface area (Å²) in [7, 11) is 0. The standard InChI is InChI=1S/C19H18N4O2S3/c1-10-3-4-15-12(5-10)6-16(28-15)17-22-23-19(25-17)27-9-14(24)13(7-20)18-21-11(2)8-26-18/h6,8,10,13H,3-5,9H2,1-2H3/t10-,13-/m0/s1. The third-order valence-electron chi connectivity index (χ3n) is 4.62. The molecule has 1 aliphatic carbocycles. The first-order chi connectivity index (χ1) is 13.5. The Morgan fingerprint density at radius 2 is 2.36 bits per heavy atom. The van der Waals surface area contributed by atoms with Gasteiger partial charge in [0.25, 0.3) is 11.1 Å². The second kappa shape index (κ2) is 8.15. The van der Waals surface area contributed by atoms with E-state index >= 15 is 0 Å². The zero-order valence-electron chi connectivity index (χ0n) is 15.5. The summed E-state index contributed by atoms with van der Waals surface area (Å²) in [5, 5.41) is 20.3. The van der Waals surface area contributed by atoms with Gasteiger partial charge in [-0.3, -0.25) is 4.79 Å². The fourth-order valence-electron chi connectivity index (χ4n) is 3.16. The normalized spacial score (nSPS) is 17.1. The van der Waals surface area contributed by atoms with Gasteiger partial charge >= 0.3 is 0 Å². The third kappa shape index (κ3) is 4.04. The van der Waals surface area contributed by atoms with Gasteiger partial charge in [0.15, 0.2) is 11.7 Å². The Hall–Kier alpha value is -2.02. The fraction of sp³-hybridized carbons (Fsp3) is 0.421. The van der Waals surface area contributed by atoms with E-state index < -0.39 is 5.92 Å². The monoisotopic (exact) mass is 430 g/mol. The summed E-state index contributed by atoms with van der Waals surface area (Å²) >= 11 is 4.21. The SMILES string of the molecule is Cc1csc([C@@H](C#N)C(=O)CSc2nnc(-c3cc4c(s3)CC[C@H](C)C4)o2)n1. The molecule has 0 saturated heterocycles. The molecule has 28 heavy (non-hydrogen) atoms. The topological polar surface area (TPSA) is 92.7 Å². The number of hydrogen-bond acceptors (Lipinski definition) is 9. The average Bonchev–Trinajstić information content (AvgIpc) is 3.39. The molecular weight excluding hydrogens is 412 g/mol. The lowest BCUT2D eigenvalue weighted by molar-refractivity contribution is -0.116. The van der Waals surface area contributed by atoms with Crippen LogP contribution in [0, 0.1) is 24.2 Å². The van der Waals surface area contributed by atoms with Crippen molar-refractivity contribution in [2.24, 2.45) is 5.92 Å². The van der Waals surface area contributed by atoms with Crippen LogP contribution in [0.15, 0.2) is 21.1 Å². The number of hydrogen-bond donors (Lipinski definition) is 0. The van der Waals surface area contributed by atoms with Crippen molar-refractivity contribution in [3.8, 4) is 16.8 Å². The maximum atomic E-state index is 12.4. The third-order valence-corrected chi connectivity index (χ3v) is 7.71. The molecule has 0 aromatic carbocycles. The molecule has 3 heterocycles. The summed E-state index contributed by atoms with van der Waals surface area (Å²) in [4.78, 5) is 19.1. The highest BCUT2D eigenvalue weighted by Gasteiger charge is 2.25. The maximum Gasteiger partial charge on any atom is 0.277 e. The van der Waals surface area contributed by atoms with Gasteiger partial charge in [0, 0.05) is 16.0 Å². The van der Waals surface area contributed by atoms with Crippen LogP contribution in [0.5, 0.6) is 0 Å². The van der Waals surface area contributed by atoms with Crippen molar-refractivity contribution >= 4 is 40.2 Å². The van der Waals surface area contributed by atoms with Crippen molar-refractivity contribution in [2.75, 3.05) is 5.75 Å². The number of fused-ring (bicyclic) bond motifs is 1. The predicted octanol–water partition coefficient (Wildman–Crippen LogP) is 4.66. The van der Waals surface area contributed by atoms with Crippen LogP contribution < -0.4 is 0 Å². The van der Waals surface area contributed by atoms with Crippen LogP contribution in [0.25, 0.3) is 10.8 Å². The lowest BCUT2D eigenvalue weighted by Gasteiger charge is -2.16. The van der Waals surface area contributed by atoms with Gasteiger partial charge in [-0.05, 0) is 43.7 Å². The Kier molecular flexibility index (Phi) is 5.62. The Morgan fingerprint density at radius 1 is 1.50 bits per heavy atom. The number of carbonyl (C=O) groups is 1. The number of thioether (sulfide) groups is 1. The highest BCUT2D eigenvalue weighted by molar-refractivity contribution is 7.99. The first-order valence-electron chi connectivity index (χ1n) is 8.96. The Balaban J connectivity index is 1.41. The largest absolute Gasteiger partial charge is 0.410 e. The van der Waals surface area contributed by atoms with E-state index in [2.05, 4.69) is 34.2 Å². The van der Waals surface area contributed by atoms with E-state index in [-0.39, 0.29) is 11.5 Å². The van der Waals surface area contributed by atoms with Gasteiger partial charge in [-0.25, -0.2) is 4.98 Å². The average molecular weight is 431 g/mol. The van der Waals surface area contributed by atoms with Crippen LogP contribution >= 0.6 is 34.4 Å². The summed E-state index contributed by atoms with van der Waals surface area (Å²) in [6.07, 6.45) is 3.43. The summed E-state index contributed by atoms with van der Waals surface area (Å²) in [6.45, 7) is 4.12. The van der Waals surface area contributed by atoms with Gasteiger partial charge in [-0.2, -0.15) is 5.26 Å². The molecule has 3 aromatic rings. The fourth-order valence-corrected chi connectivity index (χ4v) is 5.82. The number of thiophene rings is 1. The molecule has 0 aliphatic heterocycles. The van der Waals surface area contributed by atoms with Crippen LogP contribution in [-0.4, -0.2) is 26.7 Å². The highest BCUT2D eigenvalue weighted by atomic mass is 32.2. The molecule has 9 heteroatoms. The van der Waals surface area contributed by atoms with Crippen molar-refractivity contribution in [3.63, 3.8) is 0 Å². The van der Waals surface area contributed by atoms with Crippen LogP contribution in [0.4, 0.5) is 0 Å². The first kappa shape index (κ1) is 19.3. The molecule has 0 radical (unpaired) electrons. The zero-order valence-corrected chi connectivity index (χ0v) is 17.9. The Labute approximate surface area is 175 Å². The van der Waals surface area contributed by atoms with Crippen molar-refractivity contribution in [2.45, 2.75) is 44.3 Å². The molecule has 0 unspecified atom stereocenters. The predicted molar refractivity (Wildman–Crippen MR) is 110 cm³/mol. The number of nitriles is 1. The minimum atomic E-state index is -0.848. The molecule has 0 fully saturated rings. The van der Waals surface area contributed by atoms with Crippen molar-refractivity contribution in [1.82, 2.24) is 15.2 Å². The quantitative estimate of drug-likeness (QED) is 0.525. The molecule has 0 saturated carbocycles. The van der Waals surface area contributed by atoms with E-state index in [1.807, 2.05) is 12.3 Å². The molecule has 1 aliphatic rings. The molecule has 0 bridgehead atoms. The lowest BCUT2D eigenvalue weighted by atomic mass is 9.90. The van der Waals surface area contributed by atoms with Gasteiger partial charge < -0.3 is 4.42 Å². The number of aryl methyl sites for hydroxylation is 2. The van der Waals surface area contributed by atoms with E-state index in [0.29, 0.717) is 22.0 Å². The first-order valence-corrected chi connectivity index (χ1v) is 11.6. The zero-order chi connectivity index (χ0) is 19.7. The second-order valence-corrected chi connectivity index (χ2v) is 9.88. The van der Waals surface area contributed by atoms with Crippen LogP contribution in [0.3, 0.4) is 0 Å². The van der Waals surface area contributed by atoms with Gasteiger partial charge in [0.1, 0.15) is 5.01 Å². The van der Waals surface area contributed by atoms with E-state index in [9.17, 15) is 10.1 Å². The molecule has 3 aromatic heterocycles. The summed E-state index contributed by atoms with van der Waals surface area (Å²) in [5.74, 6) is 0.248. The molecule has 4 rings (SSSR count). The number of aromatic nitrogens is 3. The Bertz CT molecular complexity index is 1050. The van der Waals surface area contributed by atoms with Gasteiger partial charge in [-0.15, -0.1) is 32.9 Å². The summed E-state index contributed by atoms with van der Waals surface area (Å²) < 4.78 is 5.75. The van der Waals surface area contributed by atoms with E-state index in [4.69, 9.17) is 4.42 Å². The smallest absolute Gasteiger partial charge is 0.277 e. The number of carbonyl (C=O) groups excluding carboxylic acids is 1. The number of rotatable bonds is 6. The Morgan fingerprint density at radius 3 is 3.11 bits per heavy atom. The van der Waals surface area contributed by atoms with Crippen molar-refractivity contribution in [1.29, 1.82) is 5.26 Å². The minimum Gasteiger partial charge on any atom is -0.410 e. The molecule has 6 nitrogen and oxygen atoms in total. The van der Waals surface area contributed by atoms with Gasteiger partial charge in [0.05, 0.1) is 16.7 Å². The number of Topliss-reactive ketones (excluding diaryl/α,β-unsaturated/α-hetero) is 1. The number of ketones is 1. The van der Waals surface area contributed by atoms with Crippen LogP contribution in [-0.2, 0) is 17.6 Å². The molecule has 0 spiro atoms. The molecule has 0 N–H and O–H groups in total. The van der Waals surface area contributed by atoms with Crippen molar-refractivity contribution in [3.05, 3.63) is 32.6 Å². The van der Waals surface area contributed by atoms with E-state index in [1.165, 1.54) is 28.2 Å². The maximum absolute atomic E-state index is 12.4. The molecular formula is C19H18N4O2S3. The van der Waals surface area contributed by atoms with Crippen LogP contribution in [0.2, 0.25) is 0 Å². The molecule has 2 atom stereocenters. The lowest BCUT2D eigenvalue weighted by Crippen LogP contribution is -2.13. The molecule has 0 amide bonds. The summed E-state index contributed by atoms with van der Waals surface area (Å²) in [6, 6.07) is 4.20. The second-order valence-electron chi connectivity index (χ2n) is 6.92. The highest BCUT2D eigenvalue weighted by Crippen LogP contribution is 2.37. The van der Waals surface area contributed by atoms with Crippen LogP contribution in [0.1, 0.15) is 40.4 Å². The van der Waals surface area contributed by atoms with E-state index in [0.717, 1.165) is 35.2 Å². The van der Waals surface area contributed by atoms with Crippen molar-refractivity contribution < 1.29 is 9.21 Å². The molecule has 144 valence electrons.